The predicted molar refractivity (Wildman–Crippen MR) is 99.9 cm³/mol. The third kappa shape index (κ3) is 4.83. The fourth-order valence-electron chi connectivity index (χ4n) is 2.37. The smallest absolute Gasteiger partial charge is 0.416 e. The van der Waals surface area contributed by atoms with Gasteiger partial charge in [0.15, 0.2) is 0 Å². The summed E-state index contributed by atoms with van der Waals surface area (Å²) in [7, 11) is -3.72. The lowest BCUT2D eigenvalue weighted by Crippen LogP contribution is -2.12. The predicted octanol–water partition coefficient (Wildman–Crippen LogP) is 5.61. The van der Waals surface area contributed by atoms with Gasteiger partial charge in [0.1, 0.15) is 11.5 Å². The standard InChI is InChI=1S/C20H16F3NO3S/c1-14-2-12-19(13-3-14)28(25,26)24-16-6-10-18(11-7-16)27-17-8-4-15(5-9-17)20(21,22)23/h2-13,24H,1H3. The molecule has 3 aromatic carbocycles. The highest BCUT2D eigenvalue weighted by molar-refractivity contribution is 7.92. The van der Waals surface area contributed by atoms with Crippen molar-refractivity contribution in [3.8, 4) is 11.5 Å². The van der Waals surface area contributed by atoms with Gasteiger partial charge in [-0.25, -0.2) is 8.42 Å². The zero-order valence-corrected chi connectivity index (χ0v) is 15.5. The number of alkyl halides is 3. The van der Waals surface area contributed by atoms with E-state index in [4.69, 9.17) is 4.74 Å². The largest absolute Gasteiger partial charge is 0.457 e. The van der Waals surface area contributed by atoms with Crippen molar-refractivity contribution in [2.24, 2.45) is 0 Å². The molecule has 0 bridgehead atoms. The molecule has 0 aliphatic carbocycles. The maximum atomic E-state index is 12.6. The Kier molecular flexibility index (Phi) is 5.33. The number of aryl methyl sites for hydroxylation is 1. The molecule has 146 valence electrons. The zero-order chi connectivity index (χ0) is 20.4. The van der Waals surface area contributed by atoms with E-state index in [1.807, 2.05) is 6.92 Å². The van der Waals surface area contributed by atoms with Gasteiger partial charge in [0.2, 0.25) is 0 Å². The van der Waals surface area contributed by atoms with Gasteiger partial charge < -0.3 is 4.74 Å². The summed E-state index contributed by atoms with van der Waals surface area (Å²) in [6.45, 7) is 1.86. The average Bonchev–Trinajstić information content (AvgIpc) is 2.63. The molecule has 28 heavy (non-hydrogen) atoms. The Hall–Kier alpha value is -3.00. The molecule has 0 saturated carbocycles. The molecule has 0 unspecified atom stereocenters. The van der Waals surface area contributed by atoms with E-state index < -0.39 is 21.8 Å². The van der Waals surface area contributed by atoms with Crippen molar-refractivity contribution in [1.29, 1.82) is 0 Å². The molecule has 0 spiro atoms. The summed E-state index contributed by atoms with van der Waals surface area (Å²) in [5.41, 5.74) is 0.518. The number of halogens is 3. The van der Waals surface area contributed by atoms with Crippen molar-refractivity contribution in [1.82, 2.24) is 0 Å². The Balaban J connectivity index is 1.69. The summed E-state index contributed by atoms with van der Waals surface area (Å²) in [5, 5.41) is 0. The van der Waals surface area contributed by atoms with Crippen molar-refractivity contribution in [3.63, 3.8) is 0 Å². The molecule has 8 heteroatoms. The summed E-state index contributed by atoms with van der Waals surface area (Å²) in [6.07, 6.45) is -4.41. The molecule has 0 heterocycles. The minimum atomic E-state index is -4.41. The number of rotatable bonds is 5. The quantitative estimate of drug-likeness (QED) is 0.598. The van der Waals surface area contributed by atoms with Crippen LogP contribution in [-0.2, 0) is 16.2 Å². The highest BCUT2D eigenvalue weighted by Gasteiger charge is 2.30. The van der Waals surface area contributed by atoms with Crippen molar-refractivity contribution in [2.45, 2.75) is 18.0 Å². The molecule has 0 saturated heterocycles. The number of hydrogen-bond donors (Lipinski definition) is 1. The Morgan fingerprint density at radius 2 is 1.29 bits per heavy atom. The second-order valence-corrected chi connectivity index (χ2v) is 7.75. The summed E-state index contributed by atoms with van der Waals surface area (Å²) in [6, 6.07) is 16.8. The van der Waals surface area contributed by atoms with E-state index >= 15 is 0 Å². The van der Waals surface area contributed by atoms with E-state index in [0.29, 0.717) is 11.4 Å². The maximum absolute atomic E-state index is 12.6. The van der Waals surface area contributed by atoms with E-state index in [1.54, 1.807) is 12.1 Å². The fraction of sp³-hybridized carbons (Fsp3) is 0.100. The van der Waals surface area contributed by atoms with Crippen molar-refractivity contribution >= 4 is 15.7 Å². The molecular formula is C20H16F3NO3S. The van der Waals surface area contributed by atoms with E-state index in [-0.39, 0.29) is 10.6 Å². The molecule has 1 N–H and O–H groups in total. The second kappa shape index (κ2) is 7.55. The molecule has 0 atom stereocenters. The van der Waals surface area contributed by atoms with Crippen LogP contribution in [0, 0.1) is 6.92 Å². The van der Waals surface area contributed by atoms with Crippen LogP contribution in [0.15, 0.2) is 77.7 Å². The highest BCUT2D eigenvalue weighted by Crippen LogP contribution is 2.31. The van der Waals surface area contributed by atoms with Crippen molar-refractivity contribution in [2.75, 3.05) is 4.72 Å². The van der Waals surface area contributed by atoms with E-state index in [0.717, 1.165) is 17.7 Å². The first-order valence-electron chi connectivity index (χ1n) is 8.18. The summed E-state index contributed by atoms with van der Waals surface area (Å²) in [5.74, 6) is 0.596. The maximum Gasteiger partial charge on any atom is 0.416 e. The Morgan fingerprint density at radius 1 is 0.786 bits per heavy atom. The van der Waals surface area contributed by atoms with Crippen LogP contribution in [0.3, 0.4) is 0 Å². The lowest BCUT2D eigenvalue weighted by atomic mass is 10.2. The molecule has 0 fully saturated rings. The zero-order valence-electron chi connectivity index (χ0n) is 14.7. The van der Waals surface area contributed by atoms with Gasteiger partial charge >= 0.3 is 6.18 Å². The molecule has 0 aromatic heterocycles. The van der Waals surface area contributed by atoms with E-state index in [1.165, 1.54) is 48.5 Å². The molecular weight excluding hydrogens is 391 g/mol. The van der Waals surface area contributed by atoms with Crippen LogP contribution in [-0.4, -0.2) is 8.42 Å². The van der Waals surface area contributed by atoms with E-state index in [9.17, 15) is 21.6 Å². The minimum absolute atomic E-state index is 0.142. The Labute approximate surface area is 160 Å². The van der Waals surface area contributed by atoms with E-state index in [2.05, 4.69) is 4.72 Å². The molecule has 0 radical (unpaired) electrons. The van der Waals surface area contributed by atoms with Crippen molar-refractivity contribution in [3.05, 3.63) is 83.9 Å². The number of benzene rings is 3. The Morgan fingerprint density at radius 3 is 1.79 bits per heavy atom. The van der Waals surface area contributed by atoms with Gasteiger partial charge in [0.05, 0.1) is 10.5 Å². The van der Waals surface area contributed by atoms with Gasteiger partial charge in [-0.05, 0) is 67.6 Å². The number of hydrogen-bond acceptors (Lipinski definition) is 3. The lowest BCUT2D eigenvalue weighted by Gasteiger charge is -2.11. The molecule has 0 aliphatic rings. The van der Waals surface area contributed by atoms with Crippen LogP contribution >= 0.6 is 0 Å². The summed E-state index contributed by atoms with van der Waals surface area (Å²) < 4.78 is 70.4. The summed E-state index contributed by atoms with van der Waals surface area (Å²) >= 11 is 0. The molecule has 0 amide bonds. The first-order valence-corrected chi connectivity index (χ1v) is 9.66. The van der Waals surface area contributed by atoms with Crippen LogP contribution in [0.1, 0.15) is 11.1 Å². The first kappa shape index (κ1) is 19.8. The van der Waals surface area contributed by atoms with Crippen LogP contribution in [0.5, 0.6) is 11.5 Å². The van der Waals surface area contributed by atoms with Gasteiger partial charge in [-0.3, -0.25) is 4.72 Å². The van der Waals surface area contributed by atoms with Gasteiger partial charge in [-0.15, -0.1) is 0 Å². The minimum Gasteiger partial charge on any atom is -0.457 e. The highest BCUT2D eigenvalue weighted by atomic mass is 32.2. The van der Waals surface area contributed by atoms with Crippen molar-refractivity contribution < 1.29 is 26.3 Å². The topological polar surface area (TPSA) is 55.4 Å². The third-order valence-corrected chi connectivity index (χ3v) is 5.25. The summed E-state index contributed by atoms with van der Waals surface area (Å²) in [4.78, 5) is 0.142. The molecule has 3 aromatic rings. The Bertz CT molecular complexity index is 1040. The first-order chi connectivity index (χ1) is 13.1. The lowest BCUT2D eigenvalue weighted by molar-refractivity contribution is -0.137. The number of sulfonamides is 1. The van der Waals surface area contributed by atoms with Gasteiger partial charge in [0, 0.05) is 5.69 Å². The van der Waals surface area contributed by atoms with Gasteiger partial charge in [-0.2, -0.15) is 13.2 Å². The van der Waals surface area contributed by atoms with Crippen LogP contribution < -0.4 is 9.46 Å². The molecule has 4 nitrogen and oxygen atoms in total. The average molecular weight is 407 g/mol. The van der Waals surface area contributed by atoms with Gasteiger partial charge in [0.25, 0.3) is 10.0 Å². The molecule has 0 aliphatic heterocycles. The third-order valence-electron chi connectivity index (χ3n) is 3.86. The second-order valence-electron chi connectivity index (χ2n) is 6.07. The monoisotopic (exact) mass is 407 g/mol. The SMILES string of the molecule is Cc1ccc(S(=O)(=O)Nc2ccc(Oc3ccc(C(F)(F)F)cc3)cc2)cc1. The number of ether oxygens (including phenoxy) is 1. The van der Waals surface area contributed by atoms with Crippen LogP contribution in [0.2, 0.25) is 0 Å². The molecule has 3 rings (SSSR count). The fourth-order valence-corrected chi connectivity index (χ4v) is 3.43. The van der Waals surface area contributed by atoms with Crippen LogP contribution in [0.4, 0.5) is 18.9 Å². The normalized spacial score (nSPS) is 11.9. The number of nitrogens with one attached hydrogen (secondary N) is 1. The van der Waals surface area contributed by atoms with Crippen LogP contribution in [0.25, 0.3) is 0 Å². The number of anilines is 1. The van der Waals surface area contributed by atoms with Gasteiger partial charge in [-0.1, -0.05) is 17.7 Å².